The smallest absolute Gasteiger partial charge is 0.330 e. The average Bonchev–Trinajstić information content (AvgIpc) is 2.60. The summed E-state index contributed by atoms with van der Waals surface area (Å²) in [6.07, 6.45) is 6.29. The highest BCUT2D eigenvalue weighted by Gasteiger charge is 2.13. The summed E-state index contributed by atoms with van der Waals surface area (Å²) in [6, 6.07) is 10.2. The van der Waals surface area contributed by atoms with Gasteiger partial charge in [0.25, 0.3) is 0 Å². The van der Waals surface area contributed by atoms with Gasteiger partial charge in [-0.25, -0.2) is 9.59 Å². The minimum absolute atomic E-state index is 0.126. The zero-order chi connectivity index (χ0) is 17.1. The minimum Gasteiger partial charge on any atom is -0.466 e. The first-order chi connectivity index (χ1) is 11.1. The number of methoxy groups -OCH3 is 2. The first-order valence-corrected chi connectivity index (χ1v) is 7.36. The van der Waals surface area contributed by atoms with Crippen LogP contribution in [-0.2, 0) is 19.1 Å². The molecule has 1 aromatic carbocycles. The molecule has 0 bridgehead atoms. The quantitative estimate of drug-likeness (QED) is 0.545. The molecule has 0 aliphatic heterocycles. The Balaban J connectivity index is 2.78. The van der Waals surface area contributed by atoms with Gasteiger partial charge in [0, 0.05) is 31.3 Å². The minimum atomic E-state index is -0.387. The van der Waals surface area contributed by atoms with Gasteiger partial charge in [-0.2, -0.15) is 0 Å². The molecule has 0 saturated heterocycles. The molecule has 0 aliphatic rings. The van der Waals surface area contributed by atoms with E-state index in [1.165, 1.54) is 26.4 Å². The second-order valence-electron chi connectivity index (χ2n) is 4.89. The fourth-order valence-corrected chi connectivity index (χ4v) is 2.04. The standard InChI is InChI=1S/C18H23NO4/c1-15(16-9-5-4-6-10-16)19(13-7-11-17(20)22-2)14-8-12-18(21)23-3/h4-12,15H,13-14H2,1-3H3/b11-7+,12-8+/t15-/m1/s1. The van der Waals surface area contributed by atoms with Crippen molar-refractivity contribution in [2.75, 3.05) is 27.3 Å². The van der Waals surface area contributed by atoms with E-state index in [1.807, 2.05) is 30.3 Å². The monoisotopic (exact) mass is 317 g/mol. The Morgan fingerprint density at radius 2 is 1.48 bits per heavy atom. The van der Waals surface area contributed by atoms with E-state index < -0.39 is 0 Å². The van der Waals surface area contributed by atoms with Crippen molar-refractivity contribution < 1.29 is 19.1 Å². The van der Waals surface area contributed by atoms with Crippen molar-refractivity contribution in [3.63, 3.8) is 0 Å². The van der Waals surface area contributed by atoms with Gasteiger partial charge in [-0.05, 0) is 12.5 Å². The van der Waals surface area contributed by atoms with Crippen molar-refractivity contribution in [2.24, 2.45) is 0 Å². The van der Waals surface area contributed by atoms with Gasteiger partial charge in [0.05, 0.1) is 14.2 Å². The molecule has 5 nitrogen and oxygen atoms in total. The summed E-state index contributed by atoms with van der Waals surface area (Å²) in [5.41, 5.74) is 1.16. The Bertz CT molecular complexity index is 523. The summed E-state index contributed by atoms with van der Waals surface area (Å²) in [7, 11) is 2.69. The van der Waals surface area contributed by atoms with E-state index in [0.29, 0.717) is 13.1 Å². The summed E-state index contributed by atoms with van der Waals surface area (Å²) in [5.74, 6) is -0.773. The van der Waals surface area contributed by atoms with E-state index in [0.717, 1.165) is 5.56 Å². The third-order valence-electron chi connectivity index (χ3n) is 3.42. The summed E-state index contributed by atoms with van der Waals surface area (Å²) in [5, 5.41) is 0. The lowest BCUT2D eigenvalue weighted by Crippen LogP contribution is -2.27. The molecule has 5 heteroatoms. The number of carbonyl (C=O) groups excluding carboxylic acids is 2. The topological polar surface area (TPSA) is 55.8 Å². The van der Waals surface area contributed by atoms with Gasteiger partial charge in [0.15, 0.2) is 0 Å². The van der Waals surface area contributed by atoms with E-state index in [9.17, 15) is 9.59 Å². The first-order valence-electron chi connectivity index (χ1n) is 7.36. The number of ether oxygens (including phenoxy) is 2. The molecule has 0 aliphatic carbocycles. The molecule has 0 fully saturated rings. The van der Waals surface area contributed by atoms with Crippen molar-refractivity contribution in [1.29, 1.82) is 0 Å². The fourth-order valence-electron chi connectivity index (χ4n) is 2.04. The van der Waals surface area contributed by atoms with Crippen molar-refractivity contribution in [1.82, 2.24) is 4.90 Å². The molecule has 0 unspecified atom stereocenters. The van der Waals surface area contributed by atoms with Gasteiger partial charge in [-0.3, -0.25) is 4.90 Å². The average molecular weight is 317 g/mol. The van der Waals surface area contributed by atoms with Crippen molar-refractivity contribution in [3.8, 4) is 0 Å². The third-order valence-corrected chi connectivity index (χ3v) is 3.42. The largest absolute Gasteiger partial charge is 0.466 e. The zero-order valence-electron chi connectivity index (χ0n) is 13.8. The highest BCUT2D eigenvalue weighted by Crippen LogP contribution is 2.19. The summed E-state index contributed by atoms with van der Waals surface area (Å²) >= 11 is 0. The van der Waals surface area contributed by atoms with Gasteiger partial charge < -0.3 is 9.47 Å². The van der Waals surface area contributed by atoms with Crippen LogP contribution in [-0.4, -0.2) is 44.1 Å². The number of nitrogens with zero attached hydrogens (tertiary/aromatic N) is 1. The maximum Gasteiger partial charge on any atom is 0.330 e. The number of hydrogen-bond donors (Lipinski definition) is 0. The van der Waals surface area contributed by atoms with E-state index in [2.05, 4.69) is 21.3 Å². The normalized spacial score (nSPS) is 12.7. The van der Waals surface area contributed by atoms with Crippen LogP contribution in [0, 0.1) is 0 Å². The first kappa shape index (κ1) is 18.6. The molecular weight excluding hydrogens is 294 g/mol. The van der Waals surface area contributed by atoms with E-state index in [1.54, 1.807) is 12.2 Å². The Labute approximate surface area is 137 Å². The Morgan fingerprint density at radius 3 is 1.91 bits per heavy atom. The molecule has 0 aromatic heterocycles. The van der Waals surface area contributed by atoms with Crippen LogP contribution in [0.1, 0.15) is 18.5 Å². The molecule has 1 rings (SSSR count). The number of carbonyl (C=O) groups is 2. The molecule has 23 heavy (non-hydrogen) atoms. The Kier molecular flexibility index (Phi) is 8.39. The van der Waals surface area contributed by atoms with Gasteiger partial charge in [-0.1, -0.05) is 42.5 Å². The molecule has 0 radical (unpaired) electrons. The maximum absolute atomic E-state index is 11.2. The zero-order valence-corrected chi connectivity index (χ0v) is 13.8. The Morgan fingerprint density at radius 1 is 1.00 bits per heavy atom. The van der Waals surface area contributed by atoms with Crippen LogP contribution in [0.5, 0.6) is 0 Å². The van der Waals surface area contributed by atoms with Gasteiger partial charge >= 0.3 is 11.9 Å². The van der Waals surface area contributed by atoms with Gasteiger partial charge in [0.1, 0.15) is 0 Å². The number of rotatable bonds is 8. The SMILES string of the molecule is COC(=O)/C=C/CN(C/C=C/C(=O)OC)[C@H](C)c1ccccc1. The van der Waals surface area contributed by atoms with E-state index >= 15 is 0 Å². The lowest BCUT2D eigenvalue weighted by molar-refractivity contribution is -0.135. The van der Waals surface area contributed by atoms with Crippen LogP contribution < -0.4 is 0 Å². The van der Waals surface area contributed by atoms with Crippen LogP contribution in [0.3, 0.4) is 0 Å². The van der Waals surface area contributed by atoms with E-state index in [4.69, 9.17) is 0 Å². The maximum atomic E-state index is 11.2. The van der Waals surface area contributed by atoms with Gasteiger partial charge in [0.2, 0.25) is 0 Å². The number of benzene rings is 1. The fraction of sp³-hybridized carbons (Fsp3) is 0.333. The molecule has 0 spiro atoms. The highest BCUT2D eigenvalue weighted by atomic mass is 16.5. The van der Waals surface area contributed by atoms with Crippen molar-refractivity contribution in [3.05, 3.63) is 60.2 Å². The van der Waals surface area contributed by atoms with Crippen LogP contribution >= 0.6 is 0 Å². The predicted molar refractivity (Wildman–Crippen MR) is 88.7 cm³/mol. The van der Waals surface area contributed by atoms with Crippen LogP contribution in [0.2, 0.25) is 0 Å². The Hall–Kier alpha value is -2.40. The van der Waals surface area contributed by atoms with E-state index in [-0.39, 0.29) is 18.0 Å². The predicted octanol–water partition coefficient (Wildman–Crippen LogP) is 2.51. The third kappa shape index (κ3) is 6.93. The van der Waals surface area contributed by atoms with Crippen LogP contribution in [0.4, 0.5) is 0 Å². The van der Waals surface area contributed by atoms with Crippen molar-refractivity contribution in [2.45, 2.75) is 13.0 Å². The molecule has 0 saturated carbocycles. The molecular formula is C18H23NO4. The van der Waals surface area contributed by atoms with Gasteiger partial charge in [-0.15, -0.1) is 0 Å². The summed E-state index contributed by atoms with van der Waals surface area (Å²) in [4.78, 5) is 24.5. The summed E-state index contributed by atoms with van der Waals surface area (Å²) in [6.45, 7) is 3.18. The van der Waals surface area contributed by atoms with Crippen LogP contribution in [0.15, 0.2) is 54.6 Å². The molecule has 124 valence electrons. The molecule has 0 N–H and O–H groups in total. The van der Waals surface area contributed by atoms with Crippen LogP contribution in [0.25, 0.3) is 0 Å². The summed E-state index contributed by atoms with van der Waals surface area (Å²) < 4.78 is 9.17. The molecule has 0 heterocycles. The molecule has 1 aromatic rings. The lowest BCUT2D eigenvalue weighted by atomic mass is 10.1. The molecule has 0 amide bonds. The highest BCUT2D eigenvalue weighted by molar-refractivity contribution is 5.82. The second-order valence-corrected chi connectivity index (χ2v) is 4.89. The van der Waals surface area contributed by atoms with Crippen molar-refractivity contribution >= 4 is 11.9 Å². The number of hydrogen-bond acceptors (Lipinski definition) is 5. The molecule has 1 atom stereocenters. The lowest BCUT2D eigenvalue weighted by Gasteiger charge is -2.27. The second kappa shape index (κ2) is 10.3. The number of esters is 2.